The van der Waals surface area contributed by atoms with E-state index >= 15 is 0 Å². The Morgan fingerprint density at radius 1 is 1.40 bits per heavy atom. The topological polar surface area (TPSA) is 76.7 Å². The van der Waals surface area contributed by atoms with Crippen molar-refractivity contribution < 1.29 is 19.1 Å². The lowest BCUT2D eigenvalue weighted by molar-refractivity contribution is -0.138. The molecule has 0 radical (unpaired) electrons. The van der Waals surface area contributed by atoms with Gasteiger partial charge in [-0.1, -0.05) is 22.9 Å². The molecule has 1 aliphatic heterocycles. The van der Waals surface area contributed by atoms with Gasteiger partial charge in [-0.3, -0.25) is 0 Å². The summed E-state index contributed by atoms with van der Waals surface area (Å²) in [4.78, 5) is 24.6. The molecule has 8 heteroatoms. The summed E-state index contributed by atoms with van der Waals surface area (Å²) in [6, 6.07) is 4.42. The summed E-state index contributed by atoms with van der Waals surface area (Å²) in [5.74, 6) is 1.83. The van der Waals surface area contributed by atoms with Gasteiger partial charge in [0.15, 0.2) is 0 Å². The zero-order valence-electron chi connectivity index (χ0n) is 14.3. The molecule has 1 heterocycles. The van der Waals surface area contributed by atoms with Crippen LogP contribution in [-0.4, -0.2) is 37.2 Å². The maximum Gasteiger partial charge on any atom is 0.338 e. The van der Waals surface area contributed by atoms with Gasteiger partial charge in [-0.15, -0.1) is 0 Å². The molecule has 0 aromatic heterocycles. The van der Waals surface area contributed by atoms with Crippen LogP contribution in [0.1, 0.15) is 25.5 Å². The number of benzene rings is 1. The number of rotatable bonds is 7. The first-order chi connectivity index (χ1) is 12.0. The van der Waals surface area contributed by atoms with E-state index in [9.17, 15) is 9.59 Å². The summed E-state index contributed by atoms with van der Waals surface area (Å²) >= 11 is 5.12. The molecule has 2 N–H and O–H groups in total. The predicted molar refractivity (Wildman–Crippen MR) is 102 cm³/mol. The van der Waals surface area contributed by atoms with Crippen LogP contribution in [0.5, 0.6) is 5.75 Å². The van der Waals surface area contributed by atoms with E-state index in [1.165, 1.54) is 0 Å². The molecule has 2 rings (SSSR count). The number of thioether (sulfide) groups is 1. The SMILES string of the molecule is CCSCCOC(=O)C1=C(C)NC(=O)N[C@H]1c1cc(Br)ccc1OC. The zero-order valence-corrected chi connectivity index (χ0v) is 16.8. The van der Waals surface area contributed by atoms with E-state index in [2.05, 4.69) is 33.5 Å². The number of methoxy groups -OCH3 is 1. The third-order valence-electron chi connectivity index (χ3n) is 3.66. The van der Waals surface area contributed by atoms with Crippen molar-refractivity contribution in [3.05, 3.63) is 39.5 Å². The summed E-state index contributed by atoms with van der Waals surface area (Å²) in [6.45, 7) is 4.06. The highest BCUT2D eigenvalue weighted by Gasteiger charge is 2.34. The molecule has 1 aromatic carbocycles. The van der Waals surface area contributed by atoms with Crippen LogP contribution < -0.4 is 15.4 Å². The second kappa shape index (κ2) is 9.15. The van der Waals surface area contributed by atoms with Gasteiger partial charge in [-0.2, -0.15) is 11.8 Å². The Morgan fingerprint density at radius 2 is 2.16 bits per heavy atom. The van der Waals surface area contributed by atoms with Gasteiger partial charge in [-0.25, -0.2) is 9.59 Å². The number of urea groups is 1. The Bertz CT molecular complexity index is 693. The lowest BCUT2D eigenvalue weighted by Crippen LogP contribution is -2.45. The molecule has 1 atom stereocenters. The number of esters is 1. The van der Waals surface area contributed by atoms with Crippen LogP contribution in [0.4, 0.5) is 4.79 Å². The Balaban J connectivity index is 2.34. The number of carbonyl (C=O) groups is 2. The van der Waals surface area contributed by atoms with Crippen LogP contribution in [0, 0.1) is 0 Å². The monoisotopic (exact) mass is 428 g/mol. The first kappa shape index (κ1) is 19.7. The fourth-order valence-corrected chi connectivity index (χ4v) is 3.41. The molecule has 0 saturated heterocycles. The van der Waals surface area contributed by atoms with Gasteiger partial charge in [0.2, 0.25) is 0 Å². The number of allylic oxidation sites excluding steroid dienone is 1. The van der Waals surface area contributed by atoms with E-state index in [0.717, 1.165) is 16.0 Å². The van der Waals surface area contributed by atoms with E-state index in [1.807, 2.05) is 12.1 Å². The quantitative estimate of drug-likeness (QED) is 0.514. The number of halogens is 1. The summed E-state index contributed by atoms with van der Waals surface area (Å²) < 4.78 is 11.6. The largest absolute Gasteiger partial charge is 0.496 e. The van der Waals surface area contributed by atoms with Gasteiger partial charge >= 0.3 is 12.0 Å². The van der Waals surface area contributed by atoms with Crippen molar-refractivity contribution in [3.8, 4) is 5.75 Å². The van der Waals surface area contributed by atoms with Crippen LogP contribution in [0.3, 0.4) is 0 Å². The van der Waals surface area contributed by atoms with Crippen LogP contribution in [0.15, 0.2) is 33.9 Å². The molecular weight excluding hydrogens is 408 g/mol. The minimum atomic E-state index is -0.646. The highest BCUT2D eigenvalue weighted by molar-refractivity contribution is 9.10. The normalized spacial score (nSPS) is 17.0. The van der Waals surface area contributed by atoms with Crippen molar-refractivity contribution in [1.82, 2.24) is 10.6 Å². The molecule has 25 heavy (non-hydrogen) atoms. The summed E-state index contributed by atoms with van der Waals surface area (Å²) in [7, 11) is 1.55. The first-order valence-electron chi connectivity index (χ1n) is 7.84. The molecule has 0 unspecified atom stereocenters. The van der Waals surface area contributed by atoms with Crippen LogP contribution in [0.25, 0.3) is 0 Å². The average molecular weight is 429 g/mol. The molecule has 0 bridgehead atoms. The van der Waals surface area contributed by atoms with Crippen molar-refractivity contribution in [2.45, 2.75) is 19.9 Å². The predicted octanol–water partition coefficient (Wildman–Crippen LogP) is 3.38. The number of amides is 2. The molecular formula is C17H21BrN2O4S. The number of nitrogens with one attached hydrogen (secondary N) is 2. The van der Waals surface area contributed by atoms with Crippen molar-refractivity contribution in [2.24, 2.45) is 0 Å². The van der Waals surface area contributed by atoms with E-state index in [4.69, 9.17) is 9.47 Å². The minimum Gasteiger partial charge on any atom is -0.496 e. The Labute approximate surface area is 159 Å². The van der Waals surface area contributed by atoms with Gasteiger partial charge in [0, 0.05) is 21.5 Å². The van der Waals surface area contributed by atoms with Gasteiger partial charge in [-0.05, 0) is 30.9 Å². The second-order valence-corrected chi connectivity index (χ2v) is 7.60. The Morgan fingerprint density at radius 3 is 2.84 bits per heavy atom. The average Bonchev–Trinajstić information content (AvgIpc) is 2.57. The highest BCUT2D eigenvalue weighted by Crippen LogP contribution is 2.35. The van der Waals surface area contributed by atoms with Gasteiger partial charge in [0.05, 0.1) is 18.7 Å². The Hall–Kier alpha value is -1.67. The van der Waals surface area contributed by atoms with Crippen molar-refractivity contribution in [2.75, 3.05) is 25.2 Å². The Kier molecular flexibility index (Phi) is 7.19. The molecule has 1 aliphatic rings. The molecule has 0 fully saturated rings. The number of carbonyl (C=O) groups excluding carboxylic acids is 2. The van der Waals surface area contributed by atoms with Crippen LogP contribution in [0.2, 0.25) is 0 Å². The zero-order chi connectivity index (χ0) is 18.4. The smallest absolute Gasteiger partial charge is 0.338 e. The summed E-state index contributed by atoms with van der Waals surface area (Å²) in [5.41, 5.74) is 1.53. The standard InChI is InChI=1S/C17H21BrN2O4S/c1-4-25-8-7-24-16(21)14-10(2)19-17(22)20-15(14)12-9-11(18)5-6-13(12)23-3/h5-6,9,15H,4,7-8H2,1-3H3,(H2,19,20,22)/t15-/m0/s1. The third kappa shape index (κ3) is 4.92. The summed E-state index contributed by atoms with van der Waals surface area (Å²) in [5, 5.41) is 5.42. The molecule has 6 nitrogen and oxygen atoms in total. The maximum absolute atomic E-state index is 12.6. The van der Waals surface area contributed by atoms with Gasteiger partial charge in [0.1, 0.15) is 12.4 Å². The van der Waals surface area contributed by atoms with Gasteiger partial charge in [0.25, 0.3) is 0 Å². The first-order valence-corrected chi connectivity index (χ1v) is 9.79. The van der Waals surface area contributed by atoms with E-state index in [1.54, 1.807) is 31.9 Å². The molecule has 136 valence electrons. The molecule has 1 aromatic rings. The molecule has 0 aliphatic carbocycles. The lowest BCUT2D eigenvalue weighted by Gasteiger charge is -2.29. The molecule has 0 saturated carbocycles. The number of hydrogen-bond acceptors (Lipinski definition) is 5. The second-order valence-electron chi connectivity index (χ2n) is 5.29. The fraction of sp³-hybridized carbons (Fsp3) is 0.412. The van der Waals surface area contributed by atoms with Gasteiger partial charge < -0.3 is 20.1 Å². The highest BCUT2D eigenvalue weighted by atomic mass is 79.9. The van der Waals surface area contributed by atoms with E-state index < -0.39 is 12.0 Å². The minimum absolute atomic E-state index is 0.324. The van der Waals surface area contributed by atoms with Crippen molar-refractivity contribution in [1.29, 1.82) is 0 Å². The van der Waals surface area contributed by atoms with Crippen LogP contribution in [-0.2, 0) is 9.53 Å². The number of hydrogen-bond donors (Lipinski definition) is 2. The molecule has 2 amide bonds. The van der Waals surface area contributed by atoms with E-state index in [0.29, 0.717) is 29.2 Å². The lowest BCUT2D eigenvalue weighted by atomic mass is 9.95. The third-order valence-corrected chi connectivity index (χ3v) is 5.01. The van der Waals surface area contributed by atoms with Crippen LogP contribution >= 0.6 is 27.7 Å². The number of ether oxygens (including phenoxy) is 2. The van der Waals surface area contributed by atoms with E-state index in [-0.39, 0.29) is 6.03 Å². The summed E-state index contributed by atoms with van der Waals surface area (Å²) in [6.07, 6.45) is 0. The fourth-order valence-electron chi connectivity index (χ4n) is 2.54. The van der Waals surface area contributed by atoms with Crippen molar-refractivity contribution >= 4 is 39.7 Å². The maximum atomic E-state index is 12.6. The van der Waals surface area contributed by atoms with Crippen molar-refractivity contribution in [3.63, 3.8) is 0 Å². The molecule has 0 spiro atoms.